The van der Waals surface area contributed by atoms with E-state index in [1.165, 1.54) is 0 Å². The van der Waals surface area contributed by atoms with Crippen LogP contribution in [0.2, 0.25) is 0 Å². The summed E-state index contributed by atoms with van der Waals surface area (Å²) >= 11 is 0. The molecule has 1 amide bonds. The molecule has 0 rings (SSSR count). The quantitative estimate of drug-likeness (QED) is 0.577. The van der Waals surface area contributed by atoms with Crippen molar-refractivity contribution < 1.29 is 14.7 Å². The molecular weight excluding hydrogens is 196 g/mol. The van der Waals surface area contributed by atoms with Gasteiger partial charge in [0.15, 0.2) is 0 Å². The fraction of sp³-hybridized carbons (Fsp3) is 0.800. The van der Waals surface area contributed by atoms with Crippen LogP contribution in [-0.4, -0.2) is 28.6 Å². The summed E-state index contributed by atoms with van der Waals surface area (Å²) in [5.74, 6) is -1.17. The van der Waals surface area contributed by atoms with Crippen LogP contribution in [0.3, 0.4) is 0 Å². The normalized spacial score (nSPS) is 13.5. The molecule has 0 aliphatic heterocycles. The molecule has 0 aromatic carbocycles. The smallest absolute Gasteiger partial charge is 0.303 e. The average Bonchev–Trinajstić information content (AvgIpc) is 1.96. The van der Waals surface area contributed by atoms with E-state index >= 15 is 0 Å². The van der Waals surface area contributed by atoms with Gasteiger partial charge < -0.3 is 16.2 Å². The van der Waals surface area contributed by atoms with E-state index in [0.29, 0.717) is 6.42 Å². The highest BCUT2D eigenvalue weighted by Crippen LogP contribution is 2.10. The molecule has 0 aromatic heterocycles. The topological polar surface area (TPSA) is 92.4 Å². The molecule has 0 aromatic rings. The number of hydrogen-bond acceptors (Lipinski definition) is 3. The van der Waals surface area contributed by atoms with Gasteiger partial charge in [0.25, 0.3) is 0 Å². The Morgan fingerprint density at radius 1 is 1.47 bits per heavy atom. The molecule has 0 radical (unpaired) electrons. The third kappa shape index (κ3) is 7.93. The Balaban J connectivity index is 3.97. The number of primary amides is 1. The second-order valence-corrected chi connectivity index (χ2v) is 4.50. The van der Waals surface area contributed by atoms with Gasteiger partial charge in [0.05, 0.1) is 0 Å². The average molecular weight is 216 g/mol. The monoisotopic (exact) mass is 216 g/mol. The Morgan fingerprint density at radius 3 is 2.40 bits per heavy atom. The zero-order chi connectivity index (χ0) is 12.1. The maximum absolute atomic E-state index is 10.8. The lowest BCUT2D eigenvalue weighted by Crippen LogP contribution is -2.47. The van der Waals surface area contributed by atoms with Gasteiger partial charge in [0.1, 0.15) is 0 Å². The number of rotatable bonds is 7. The minimum absolute atomic E-state index is 0.0513. The summed E-state index contributed by atoms with van der Waals surface area (Å²) in [5, 5.41) is 11.7. The first-order valence-corrected chi connectivity index (χ1v) is 5.01. The van der Waals surface area contributed by atoms with Gasteiger partial charge >= 0.3 is 5.97 Å². The minimum atomic E-state index is -0.809. The number of carbonyl (C=O) groups excluding carboxylic acids is 1. The molecule has 0 aliphatic carbocycles. The number of nitrogens with one attached hydrogen (secondary N) is 1. The lowest BCUT2D eigenvalue weighted by Gasteiger charge is -2.29. The Bertz CT molecular complexity index is 239. The summed E-state index contributed by atoms with van der Waals surface area (Å²) in [6.07, 6.45) is 0.906. The predicted octanol–water partition coefficient (Wildman–Crippen LogP) is 0.483. The first-order chi connectivity index (χ1) is 6.73. The molecule has 0 heterocycles. The molecule has 0 saturated carbocycles. The lowest BCUT2D eigenvalue weighted by atomic mass is 9.98. The van der Waals surface area contributed by atoms with Crippen LogP contribution in [0.4, 0.5) is 0 Å². The van der Waals surface area contributed by atoms with Crippen LogP contribution in [0.1, 0.15) is 40.0 Å². The number of carboxylic acid groups (broad SMARTS) is 1. The summed E-state index contributed by atoms with van der Waals surface area (Å²) in [6, 6.07) is 0.0513. The van der Waals surface area contributed by atoms with Crippen molar-refractivity contribution >= 4 is 11.9 Å². The van der Waals surface area contributed by atoms with Gasteiger partial charge in [-0.15, -0.1) is 0 Å². The van der Waals surface area contributed by atoms with Crippen molar-refractivity contribution in [2.75, 3.05) is 0 Å². The fourth-order valence-electron chi connectivity index (χ4n) is 1.57. The van der Waals surface area contributed by atoms with Crippen LogP contribution in [0.5, 0.6) is 0 Å². The maximum Gasteiger partial charge on any atom is 0.303 e. The van der Waals surface area contributed by atoms with Crippen LogP contribution >= 0.6 is 0 Å². The van der Waals surface area contributed by atoms with Gasteiger partial charge in [-0.2, -0.15) is 0 Å². The Labute approximate surface area is 90.0 Å². The van der Waals surface area contributed by atoms with Crippen molar-refractivity contribution in [1.82, 2.24) is 5.32 Å². The molecule has 5 heteroatoms. The maximum atomic E-state index is 10.8. The summed E-state index contributed by atoms with van der Waals surface area (Å²) in [7, 11) is 0. The van der Waals surface area contributed by atoms with E-state index in [1.807, 2.05) is 20.8 Å². The third-order valence-corrected chi connectivity index (χ3v) is 2.04. The zero-order valence-corrected chi connectivity index (χ0v) is 9.54. The van der Waals surface area contributed by atoms with Crippen LogP contribution in [0, 0.1) is 0 Å². The second kappa shape index (κ2) is 5.70. The molecule has 5 nitrogen and oxygen atoms in total. The van der Waals surface area contributed by atoms with Crippen LogP contribution in [0.15, 0.2) is 0 Å². The van der Waals surface area contributed by atoms with E-state index in [4.69, 9.17) is 10.8 Å². The number of carboxylic acids is 1. The Morgan fingerprint density at radius 2 is 2.00 bits per heavy atom. The molecule has 0 spiro atoms. The molecule has 15 heavy (non-hydrogen) atoms. The number of hydrogen-bond donors (Lipinski definition) is 3. The molecule has 4 N–H and O–H groups in total. The molecular formula is C10H20N2O3. The second-order valence-electron chi connectivity index (χ2n) is 4.50. The molecule has 0 bridgehead atoms. The molecule has 0 saturated heterocycles. The third-order valence-electron chi connectivity index (χ3n) is 2.04. The summed E-state index contributed by atoms with van der Waals surface area (Å²) in [4.78, 5) is 21.1. The number of carbonyl (C=O) groups is 2. The molecule has 1 unspecified atom stereocenters. The summed E-state index contributed by atoms with van der Waals surface area (Å²) in [6.45, 7) is 5.63. The van der Waals surface area contributed by atoms with Gasteiger partial charge in [0, 0.05) is 24.4 Å². The Kier molecular flexibility index (Phi) is 5.28. The van der Waals surface area contributed by atoms with E-state index < -0.39 is 5.97 Å². The van der Waals surface area contributed by atoms with Gasteiger partial charge in [-0.05, 0) is 27.2 Å². The van der Waals surface area contributed by atoms with Crippen molar-refractivity contribution in [2.24, 2.45) is 5.73 Å². The zero-order valence-electron chi connectivity index (χ0n) is 9.54. The van der Waals surface area contributed by atoms with Crippen molar-refractivity contribution in [2.45, 2.75) is 51.6 Å². The first kappa shape index (κ1) is 13.9. The van der Waals surface area contributed by atoms with Gasteiger partial charge in [0.2, 0.25) is 5.91 Å². The number of aliphatic carboxylic acids is 1. The van der Waals surface area contributed by atoms with E-state index in [9.17, 15) is 9.59 Å². The van der Waals surface area contributed by atoms with E-state index in [2.05, 4.69) is 5.32 Å². The molecule has 88 valence electrons. The number of amides is 1. The number of nitrogens with two attached hydrogens (primary N) is 1. The lowest BCUT2D eigenvalue weighted by molar-refractivity contribution is -0.137. The van der Waals surface area contributed by atoms with Gasteiger partial charge in [-0.3, -0.25) is 9.59 Å². The van der Waals surface area contributed by atoms with Gasteiger partial charge in [-0.25, -0.2) is 0 Å². The van der Waals surface area contributed by atoms with E-state index in [0.717, 1.165) is 0 Å². The largest absolute Gasteiger partial charge is 0.481 e. The highest BCUT2D eigenvalue weighted by atomic mass is 16.4. The summed E-state index contributed by atoms with van der Waals surface area (Å²) in [5.41, 5.74) is 4.72. The molecule has 0 fully saturated rings. The van der Waals surface area contributed by atoms with E-state index in [-0.39, 0.29) is 30.3 Å². The highest BCUT2D eigenvalue weighted by Gasteiger charge is 2.22. The highest BCUT2D eigenvalue weighted by molar-refractivity contribution is 5.75. The van der Waals surface area contributed by atoms with Crippen molar-refractivity contribution in [1.29, 1.82) is 0 Å². The Hall–Kier alpha value is -1.10. The molecule has 1 atom stereocenters. The van der Waals surface area contributed by atoms with Crippen molar-refractivity contribution in [3.05, 3.63) is 0 Å². The van der Waals surface area contributed by atoms with Crippen LogP contribution in [-0.2, 0) is 9.59 Å². The first-order valence-electron chi connectivity index (χ1n) is 5.01. The SMILES string of the molecule is CC(CCC(=O)O)NC(C)(C)CC(N)=O. The van der Waals surface area contributed by atoms with E-state index in [1.54, 1.807) is 0 Å². The standard InChI is InChI=1S/C10H20N2O3/c1-7(4-5-9(14)15)12-10(2,3)6-8(11)13/h7,12H,4-6H2,1-3H3,(H2,11,13)(H,14,15). The van der Waals surface area contributed by atoms with Crippen molar-refractivity contribution in [3.8, 4) is 0 Å². The van der Waals surface area contributed by atoms with Gasteiger partial charge in [-0.1, -0.05) is 0 Å². The minimum Gasteiger partial charge on any atom is -0.481 e. The summed E-state index contributed by atoms with van der Waals surface area (Å²) < 4.78 is 0. The van der Waals surface area contributed by atoms with Crippen LogP contribution < -0.4 is 11.1 Å². The van der Waals surface area contributed by atoms with Crippen LogP contribution in [0.25, 0.3) is 0 Å². The van der Waals surface area contributed by atoms with Crippen molar-refractivity contribution in [3.63, 3.8) is 0 Å². The predicted molar refractivity (Wildman–Crippen MR) is 57.4 cm³/mol. The molecule has 0 aliphatic rings. The fourth-order valence-corrected chi connectivity index (χ4v) is 1.57.